The second kappa shape index (κ2) is 10.7. The average molecular weight is 524 g/mol. The van der Waals surface area contributed by atoms with Crippen LogP contribution in [0.2, 0.25) is 0 Å². The zero-order valence-electron chi connectivity index (χ0n) is 23.4. The Balaban J connectivity index is 1.46. The first-order valence-electron chi connectivity index (χ1n) is 13.4. The molecule has 2 N–H and O–H groups in total. The number of aliphatic carboxylic acids is 1. The van der Waals surface area contributed by atoms with E-state index in [2.05, 4.69) is 29.6 Å². The molecule has 0 saturated heterocycles. The van der Waals surface area contributed by atoms with Crippen LogP contribution in [0.1, 0.15) is 71.4 Å². The van der Waals surface area contributed by atoms with E-state index in [4.69, 9.17) is 14.2 Å². The van der Waals surface area contributed by atoms with Gasteiger partial charge in [0.2, 0.25) is 0 Å². The molecular formula is C31H41NO6. The van der Waals surface area contributed by atoms with Crippen molar-refractivity contribution in [2.24, 2.45) is 11.3 Å². The minimum Gasteiger partial charge on any atom is -0.481 e. The largest absolute Gasteiger partial charge is 0.481 e. The van der Waals surface area contributed by atoms with Crippen molar-refractivity contribution in [2.75, 3.05) is 19.8 Å². The number of carbonyl (C=O) groups is 2. The van der Waals surface area contributed by atoms with Gasteiger partial charge in [0.25, 0.3) is 0 Å². The first kappa shape index (κ1) is 28.1. The van der Waals surface area contributed by atoms with E-state index in [9.17, 15) is 14.7 Å². The SMILES string of the molecule is CC(C)(C)OCC1(COC(C)(C)C)C[C@H](NC(=O)OCC2c3ccccc3-c3ccccc32)[C@@H](C(=O)O)C1. The van der Waals surface area contributed by atoms with E-state index in [0.717, 1.165) is 22.3 Å². The van der Waals surface area contributed by atoms with Crippen molar-refractivity contribution in [1.29, 1.82) is 0 Å². The van der Waals surface area contributed by atoms with Gasteiger partial charge in [-0.3, -0.25) is 4.79 Å². The molecule has 206 valence electrons. The number of carboxylic acid groups (broad SMARTS) is 1. The third-order valence-corrected chi connectivity index (χ3v) is 7.38. The van der Waals surface area contributed by atoms with Gasteiger partial charge >= 0.3 is 12.1 Å². The van der Waals surface area contributed by atoms with E-state index in [1.807, 2.05) is 65.8 Å². The smallest absolute Gasteiger partial charge is 0.407 e. The van der Waals surface area contributed by atoms with E-state index in [1.165, 1.54) is 0 Å². The lowest BCUT2D eigenvalue weighted by molar-refractivity contribution is -0.143. The second-order valence-corrected chi connectivity index (χ2v) is 12.7. The number of rotatable bonds is 8. The molecule has 2 aliphatic rings. The summed E-state index contributed by atoms with van der Waals surface area (Å²) in [5.41, 5.74) is 3.26. The van der Waals surface area contributed by atoms with Crippen LogP contribution in [-0.4, -0.2) is 54.2 Å². The van der Waals surface area contributed by atoms with Gasteiger partial charge in [-0.2, -0.15) is 0 Å². The van der Waals surface area contributed by atoms with Gasteiger partial charge < -0.3 is 24.6 Å². The van der Waals surface area contributed by atoms with E-state index in [-0.39, 0.29) is 23.7 Å². The van der Waals surface area contributed by atoms with Crippen molar-refractivity contribution in [3.05, 3.63) is 59.7 Å². The highest BCUT2D eigenvalue weighted by molar-refractivity contribution is 5.79. The van der Waals surface area contributed by atoms with E-state index < -0.39 is 29.4 Å². The van der Waals surface area contributed by atoms with E-state index in [0.29, 0.717) is 26.1 Å². The van der Waals surface area contributed by atoms with Gasteiger partial charge in [0.1, 0.15) is 6.61 Å². The second-order valence-electron chi connectivity index (χ2n) is 12.7. The van der Waals surface area contributed by atoms with Crippen LogP contribution in [0.4, 0.5) is 4.79 Å². The standard InChI is InChI=1S/C31H41NO6/c1-29(2,3)37-18-31(19-38-30(4,5)6)15-24(27(33)34)26(16-31)32-28(35)36-17-25-22-13-9-7-11-20(22)21-12-8-10-14-23(21)25/h7-14,24-26H,15-19H2,1-6H3,(H,32,35)(H,33,34)/t24-,26-/m0/s1. The van der Waals surface area contributed by atoms with Crippen molar-refractivity contribution < 1.29 is 28.9 Å². The Hall–Kier alpha value is -2.90. The molecule has 1 fully saturated rings. The first-order chi connectivity index (χ1) is 17.8. The fourth-order valence-corrected chi connectivity index (χ4v) is 5.52. The number of carbonyl (C=O) groups excluding carboxylic acids is 1. The zero-order valence-corrected chi connectivity index (χ0v) is 23.4. The van der Waals surface area contributed by atoms with Crippen LogP contribution < -0.4 is 5.32 Å². The molecule has 38 heavy (non-hydrogen) atoms. The molecule has 2 aromatic rings. The molecule has 0 heterocycles. The number of fused-ring (bicyclic) bond motifs is 3. The normalized spacial score (nSPS) is 20.6. The highest BCUT2D eigenvalue weighted by Gasteiger charge is 2.50. The van der Waals surface area contributed by atoms with Gasteiger partial charge in [0.05, 0.1) is 30.3 Å². The maximum atomic E-state index is 13.0. The summed E-state index contributed by atoms with van der Waals surface area (Å²) in [7, 11) is 0. The lowest BCUT2D eigenvalue weighted by Gasteiger charge is -2.35. The molecule has 2 atom stereocenters. The summed E-state index contributed by atoms with van der Waals surface area (Å²) in [6, 6.07) is 15.7. The molecule has 1 saturated carbocycles. The lowest BCUT2D eigenvalue weighted by atomic mass is 9.86. The van der Waals surface area contributed by atoms with Crippen molar-refractivity contribution in [3.8, 4) is 11.1 Å². The quantitative estimate of drug-likeness (QED) is 0.440. The summed E-state index contributed by atoms with van der Waals surface area (Å²) in [5.74, 6) is -1.77. The van der Waals surface area contributed by atoms with Gasteiger partial charge in [0.15, 0.2) is 0 Å². The molecule has 0 aliphatic heterocycles. The average Bonchev–Trinajstić information content (AvgIpc) is 3.36. The predicted octanol–water partition coefficient (Wildman–Crippen LogP) is 6.00. The Morgan fingerprint density at radius 3 is 1.84 bits per heavy atom. The minimum absolute atomic E-state index is 0.0635. The number of benzene rings is 2. The topological polar surface area (TPSA) is 94.1 Å². The summed E-state index contributed by atoms with van der Waals surface area (Å²) < 4.78 is 18.0. The Bertz CT molecular complexity index is 1100. The molecule has 7 nitrogen and oxygen atoms in total. The molecule has 0 bridgehead atoms. The van der Waals surface area contributed by atoms with Crippen molar-refractivity contribution >= 4 is 12.1 Å². The Labute approximate surface area is 225 Å². The van der Waals surface area contributed by atoms with Crippen LogP contribution in [-0.2, 0) is 19.0 Å². The van der Waals surface area contributed by atoms with Crippen molar-refractivity contribution in [3.63, 3.8) is 0 Å². The fourth-order valence-electron chi connectivity index (χ4n) is 5.52. The molecule has 0 unspecified atom stereocenters. The lowest BCUT2D eigenvalue weighted by Crippen LogP contribution is -2.41. The molecule has 1 amide bonds. The van der Waals surface area contributed by atoms with Crippen molar-refractivity contribution in [1.82, 2.24) is 5.32 Å². The number of hydrogen-bond acceptors (Lipinski definition) is 5. The number of alkyl carbamates (subject to hydrolysis) is 1. The monoisotopic (exact) mass is 523 g/mol. The summed E-state index contributed by atoms with van der Waals surface area (Å²) in [5, 5.41) is 12.9. The summed E-state index contributed by atoms with van der Waals surface area (Å²) in [4.78, 5) is 25.3. The van der Waals surface area contributed by atoms with Crippen LogP contribution >= 0.6 is 0 Å². The molecule has 0 spiro atoms. The number of nitrogens with one attached hydrogen (secondary N) is 1. The Kier molecular flexibility index (Phi) is 7.91. The fraction of sp³-hybridized carbons (Fsp3) is 0.548. The number of ether oxygens (including phenoxy) is 3. The molecule has 2 aromatic carbocycles. The number of carboxylic acids is 1. The highest BCUT2D eigenvalue weighted by Crippen LogP contribution is 2.46. The van der Waals surface area contributed by atoms with E-state index >= 15 is 0 Å². The summed E-state index contributed by atoms with van der Waals surface area (Å²) >= 11 is 0. The summed E-state index contributed by atoms with van der Waals surface area (Å²) in [6.07, 6.45) is 0.177. The maximum absolute atomic E-state index is 13.0. The van der Waals surface area contributed by atoms with Gasteiger partial charge in [-0.25, -0.2) is 4.79 Å². The first-order valence-corrected chi connectivity index (χ1v) is 13.4. The van der Waals surface area contributed by atoms with Crippen LogP contribution in [0.25, 0.3) is 11.1 Å². The van der Waals surface area contributed by atoms with Crippen molar-refractivity contribution in [2.45, 2.75) is 77.5 Å². The molecular weight excluding hydrogens is 482 g/mol. The summed E-state index contributed by atoms with van der Waals surface area (Å²) in [6.45, 7) is 12.7. The van der Waals surface area contributed by atoms with Gasteiger partial charge in [-0.15, -0.1) is 0 Å². The van der Waals surface area contributed by atoms with E-state index in [1.54, 1.807) is 0 Å². The highest BCUT2D eigenvalue weighted by atomic mass is 16.5. The van der Waals surface area contributed by atoms with Crippen LogP contribution in [0.5, 0.6) is 0 Å². The Morgan fingerprint density at radius 1 is 0.868 bits per heavy atom. The number of amides is 1. The van der Waals surface area contributed by atoms with Gasteiger partial charge in [0, 0.05) is 17.4 Å². The minimum atomic E-state index is -0.942. The third-order valence-electron chi connectivity index (χ3n) is 7.38. The molecule has 2 aliphatic carbocycles. The van der Waals surface area contributed by atoms with Crippen LogP contribution in [0, 0.1) is 11.3 Å². The van der Waals surface area contributed by atoms with Crippen LogP contribution in [0.15, 0.2) is 48.5 Å². The predicted molar refractivity (Wildman–Crippen MR) is 146 cm³/mol. The maximum Gasteiger partial charge on any atom is 0.407 e. The zero-order chi connectivity index (χ0) is 27.7. The van der Waals surface area contributed by atoms with Crippen LogP contribution in [0.3, 0.4) is 0 Å². The van der Waals surface area contributed by atoms with Gasteiger partial charge in [-0.1, -0.05) is 48.5 Å². The molecule has 4 rings (SSSR count). The van der Waals surface area contributed by atoms with Gasteiger partial charge in [-0.05, 0) is 76.6 Å². The number of hydrogen-bond donors (Lipinski definition) is 2. The molecule has 0 aromatic heterocycles. The molecule has 0 radical (unpaired) electrons. The third kappa shape index (κ3) is 6.56. The Morgan fingerprint density at radius 2 is 1.37 bits per heavy atom. The molecule has 7 heteroatoms.